The number of phenolic OH excluding ortho intramolecular Hbond substituents is 1. The Morgan fingerprint density at radius 3 is 2.57 bits per heavy atom. The topological polar surface area (TPSA) is 78.8 Å². The van der Waals surface area contributed by atoms with Crippen molar-refractivity contribution in [3.8, 4) is 5.75 Å². The van der Waals surface area contributed by atoms with Gasteiger partial charge < -0.3 is 5.11 Å². The van der Waals surface area contributed by atoms with Gasteiger partial charge in [0.15, 0.2) is 0 Å². The van der Waals surface area contributed by atoms with E-state index >= 15 is 0 Å². The largest absolute Gasteiger partial charge is 0.507 e. The third-order valence-electron chi connectivity index (χ3n) is 3.32. The number of phenols is 1. The summed E-state index contributed by atoms with van der Waals surface area (Å²) in [5, 5.41) is 14.1. The normalized spacial score (nSPS) is 12.3. The number of hydrazone groups is 1. The molecule has 0 aliphatic carbocycles. The third kappa shape index (κ3) is 4.03. The summed E-state index contributed by atoms with van der Waals surface area (Å²) >= 11 is 5.88. The van der Waals surface area contributed by atoms with Gasteiger partial charge in [0, 0.05) is 10.6 Å². The van der Waals surface area contributed by atoms with E-state index in [1.165, 1.54) is 18.2 Å². The fraction of sp³-hybridized carbons (Fsp3) is 0.188. The lowest BCUT2D eigenvalue weighted by molar-refractivity contribution is 0.474. The van der Waals surface area contributed by atoms with Gasteiger partial charge in [0.2, 0.25) is 0 Å². The fourth-order valence-electron chi connectivity index (χ4n) is 2.03. The lowest BCUT2D eigenvalue weighted by atomic mass is 10.1. The molecule has 0 aromatic heterocycles. The standard InChI is InChI=1S/C16H17ClN2O3S/c1-10-4-5-11(2)16(8-10)23(21,22)19-18-12(3)14-9-13(17)6-7-15(14)20/h4-9,19-20H,1-3H3. The second-order valence-electron chi connectivity index (χ2n) is 5.22. The van der Waals surface area contributed by atoms with Gasteiger partial charge in [-0.2, -0.15) is 18.4 Å². The van der Waals surface area contributed by atoms with E-state index in [-0.39, 0.29) is 10.6 Å². The van der Waals surface area contributed by atoms with Crippen molar-refractivity contribution >= 4 is 27.3 Å². The van der Waals surface area contributed by atoms with Crippen molar-refractivity contribution in [1.29, 1.82) is 0 Å². The van der Waals surface area contributed by atoms with E-state index < -0.39 is 10.0 Å². The average molecular weight is 353 g/mol. The lowest BCUT2D eigenvalue weighted by Crippen LogP contribution is -2.21. The van der Waals surface area contributed by atoms with Gasteiger partial charge in [0.1, 0.15) is 5.75 Å². The summed E-state index contributed by atoms with van der Waals surface area (Å²) in [6, 6.07) is 9.64. The van der Waals surface area contributed by atoms with Gasteiger partial charge in [-0.15, -0.1) is 0 Å². The highest BCUT2D eigenvalue weighted by atomic mass is 35.5. The maximum absolute atomic E-state index is 12.4. The van der Waals surface area contributed by atoms with E-state index in [0.717, 1.165) is 5.56 Å². The zero-order valence-corrected chi connectivity index (χ0v) is 14.5. The molecule has 2 rings (SSSR count). The molecule has 2 N–H and O–H groups in total. The first kappa shape index (κ1) is 17.3. The minimum absolute atomic E-state index is 0.0263. The van der Waals surface area contributed by atoms with Crippen LogP contribution in [0.4, 0.5) is 0 Å². The lowest BCUT2D eigenvalue weighted by Gasteiger charge is -2.09. The second kappa shape index (κ2) is 6.60. The Bertz CT molecular complexity index is 877. The number of nitrogens with zero attached hydrogens (tertiary/aromatic N) is 1. The number of hydrogen-bond acceptors (Lipinski definition) is 4. The second-order valence-corrected chi connectivity index (χ2v) is 7.29. The quantitative estimate of drug-likeness (QED) is 0.654. The van der Waals surface area contributed by atoms with Crippen molar-refractivity contribution < 1.29 is 13.5 Å². The molecule has 0 atom stereocenters. The van der Waals surface area contributed by atoms with Crippen LogP contribution in [-0.2, 0) is 10.0 Å². The van der Waals surface area contributed by atoms with Crippen LogP contribution in [0.2, 0.25) is 5.02 Å². The van der Waals surface area contributed by atoms with Crippen LogP contribution in [0.25, 0.3) is 0 Å². The molecule has 0 aliphatic heterocycles. The Hall–Kier alpha value is -2.05. The Morgan fingerprint density at radius 1 is 1.17 bits per heavy atom. The highest BCUT2D eigenvalue weighted by Crippen LogP contribution is 2.22. The number of sulfonamides is 1. The van der Waals surface area contributed by atoms with Crippen LogP contribution in [0, 0.1) is 13.8 Å². The molecule has 0 unspecified atom stereocenters. The minimum atomic E-state index is -3.79. The third-order valence-corrected chi connectivity index (χ3v) is 4.90. The van der Waals surface area contributed by atoms with Crippen LogP contribution in [0.1, 0.15) is 23.6 Å². The predicted molar refractivity (Wildman–Crippen MR) is 91.6 cm³/mol. The van der Waals surface area contributed by atoms with Crippen molar-refractivity contribution in [3.05, 3.63) is 58.1 Å². The number of benzene rings is 2. The van der Waals surface area contributed by atoms with Crippen LogP contribution < -0.4 is 4.83 Å². The van der Waals surface area contributed by atoms with Crippen molar-refractivity contribution in [2.75, 3.05) is 0 Å². The average Bonchev–Trinajstić information content (AvgIpc) is 2.49. The van der Waals surface area contributed by atoms with Gasteiger partial charge >= 0.3 is 0 Å². The molecular weight excluding hydrogens is 336 g/mol. The molecule has 0 radical (unpaired) electrons. The summed E-state index contributed by atoms with van der Waals surface area (Å²) in [5.41, 5.74) is 2.13. The number of hydrogen-bond donors (Lipinski definition) is 2. The first-order valence-corrected chi connectivity index (χ1v) is 8.69. The molecule has 0 heterocycles. The van der Waals surface area contributed by atoms with Crippen molar-refractivity contribution in [2.45, 2.75) is 25.7 Å². The molecule has 0 fully saturated rings. The first-order valence-electron chi connectivity index (χ1n) is 6.83. The van der Waals surface area contributed by atoms with E-state index in [2.05, 4.69) is 9.93 Å². The molecule has 0 aliphatic rings. The number of rotatable bonds is 4. The summed E-state index contributed by atoms with van der Waals surface area (Å²) in [6.45, 7) is 5.11. The smallest absolute Gasteiger partial charge is 0.276 e. The molecule has 2 aromatic carbocycles. The molecule has 0 saturated carbocycles. The molecular formula is C16H17ClN2O3S. The summed E-state index contributed by atoms with van der Waals surface area (Å²) in [4.78, 5) is 2.36. The van der Waals surface area contributed by atoms with Gasteiger partial charge in [-0.25, -0.2) is 0 Å². The zero-order chi connectivity index (χ0) is 17.2. The first-order chi connectivity index (χ1) is 10.7. The summed E-state index contributed by atoms with van der Waals surface area (Å²) in [5.74, 6) is -0.0263. The fourth-order valence-corrected chi connectivity index (χ4v) is 3.39. The van der Waals surface area contributed by atoms with Crippen LogP contribution in [0.3, 0.4) is 0 Å². The Kier molecular flexibility index (Phi) is 4.97. The van der Waals surface area contributed by atoms with Crippen LogP contribution in [-0.4, -0.2) is 19.2 Å². The maximum atomic E-state index is 12.4. The molecule has 122 valence electrons. The van der Waals surface area contributed by atoms with Crippen molar-refractivity contribution in [1.82, 2.24) is 4.83 Å². The Labute approximate surface area is 140 Å². The Balaban J connectivity index is 2.34. The number of aromatic hydroxyl groups is 1. The maximum Gasteiger partial charge on any atom is 0.276 e. The van der Waals surface area contributed by atoms with E-state index in [4.69, 9.17) is 11.6 Å². The van der Waals surface area contributed by atoms with Crippen molar-refractivity contribution in [3.63, 3.8) is 0 Å². The van der Waals surface area contributed by atoms with E-state index in [9.17, 15) is 13.5 Å². The van der Waals surface area contributed by atoms with Crippen molar-refractivity contribution in [2.24, 2.45) is 5.10 Å². The SMILES string of the molecule is CC(=NNS(=O)(=O)c1cc(C)ccc1C)c1cc(Cl)ccc1O. The summed E-state index contributed by atoms with van der Waals surface area (Å²) in [7, 11) is -3.79. The highest BCUT2D eigenvalue weighted by Gasteiger charge is 2.16. The van der Waals surface area contributed by atoms with Gasteiger partial charge in [-0.3, -0.25) is 0 Å². The Morgan fingerprint density at radius 2 is 1.87 bits per heavy atom. The zero-order valence-electron chi connectivity index (χ0n) is 13.0. The number of nitrogens with one attached hydrogen (secondary N) is 1. The number of aryl methyl sites for hydroxylation is 2. The van der Waals surface area contributed by atoms with E-state index in [0.29, 0.717) is 21.9 Å². The van der Waals surface area contributed by atoms with Gasteiger partial charge in [0.25, 0.3) is 10.0 Å². The molecule has 5 nitrogen and oxygen atoms in total. The minimum Gasteiger partial charge on any atom is -0.507 e. The monoisotopic (exact) mass is 352 g/mol. The molecule has 23 heavy (non-hydrogen) atoms. The van der Waals surface area contributed by atoms with Gasteiger partial charge in [-0.05, 0) is 56.2 Å². The van der Waals surface area contributed by atoms with Crippen LogP contribution >= 0.6 is 11.6 Å². The molecule has 0 saturated heterocycles. The summed E-state index contributed by atoms with van der Waals surface area (Å²) in [6.07, 6.45) is 0. The van der Waals surface area contributed by atoms with E-state index in [1.807, 2.05) is 13.0 Å². The van der Waals surface area contributed by atoms with E-state index in [1.54, 1.807) is 26.0 Å². The van der Waals surface area contributed by atoms with Gasteiger partial charge in [0.05, 0.1) is 10.6 Å². The van der Waals surface area contributed by atoms with Crippen LogP contribution in [0.15, 0.2) is 46.4 Å². The molecule has 2 aromatic rings. The molecule has 7 heteroatoms. The van der Waals surface area contributed by atoms with Gasteiger partial charge in [-0.1, -0.05) is 23.7 Å². The molecule has 0 amide bonds. The molecule has 0 spiro atoms. The predicted octanol–water partition coefficient (Wildman–Crippen LogP) is 3.36. The molecule has 0 bridgehead atoms. The number of halogens is 1. The van der Waals surface area contributed by atoms with Crippen LogP contribution in [0.5, 0.6) is 5.75 Å². The summed E-state index contributed by atoms with van der Waals surface area (Å²) < 4.78 is 24.8. The highest BCUT2D eigenvalue weighted by molar-refractivity contribution is 7.89.